The van der Waals surface area contributed by atoms with Crippen LogP contribution in [0, 0.1) is 0 Å². The third-order valence-corrected chi connectivity index (χ3v) is 5.33. The minimum Gasteiger partial charge on any atom is -0.370 e. The molecule has 1 atom stereocenters. The predicted octanol–water partition coefficient (Wildman–Crippen LogP) is 2.50. The monoisotopic (exact) mass is 378 g/mol. The Morgan fingerprint density at radius 1 is 0.960 bits per heavy atom. The number of hydrogen-bond donors (Lipinski definition) is 2. The van der Waals surface area contributed by atoms with Crippen LogP contribution < -0.4 is 5.73 Å². The van der Waals surface area contributed by atoms with E-state index < -0.39 is 33.6 Å². The van der Waals surface area contributed by atoms with Gasteiger partial charge in [0.15, 0.2) is 5.25 Å². The Bertz CT molecular complexity index is 493. The molecule has 0 aromatic rings. The van der Waals surface area contributed by atoms with E-state index in [0.29, 0.717) is 6.54 Å². The number of carbonyl (C=O) groups is 2. The van der Waals surface area contributed by atoms with Crippen molar-refractivity contribution < 1.29 is 22.6 Å². The van der Waals surface area contributed by atoms with E-state index in [1.807, 2.05) is 0 Å². The van der Waals surface area contributed by atoms with Crippen LogP contribution in [0.4, 0.5) is 0 Å². The van der Waals surface area contributed by atoms with Gasteiger partial charge in [0.25, 0.3) is 10.1 Å². The number of amides is 2. The van der Waals surface area contributed by atoms with Crippen LogP contribution in [0.5, 0.6) is 0 Å². The number of nitrogens with zero attached hydrogens (tertiary/aromatic N) is 1. The fourth-order valence-corrected chi connectivity index (χ4v) is 3.50. The molecule has 148 valence electrons. The van der Waals surface area contributed by atoms with Gasteiger partial charge < -0.3 is 10.6 Å². The molecule has 2 amide bonds. The van der Waals surface area contributed by atoms with Crippen molar-refractivity contribution in [3.8, 4) is 0 Å². The van der Waals surface area contributed by atoms with Gasteiger partial charge in [0.05, 0.1) is 6.42 Å². The summed E-state index contributed by atoms with van der Waals surface area (Å²) in [5.74, 6) is -1.74. The second-order valence-electron chi connectivity index (χ2n) is 6.62. The van der Waals surface area contributed by atoms with Gasteiger partial charge in [-0.25, -0.2) is 0 Å². The second-order valence-corrected chi connectivity index (χ2v) is 8.21. The second kappa shape index (κ2) is 13.1. The van der Waals surface area contributed by atoms with E-state index in [2.05, 4.69) is 6.92 Å². The average molecular weight is 379 g/mol. The van der Waals surface area contributed by atoms with Crippen molar-refractivity contribution >= 4 is 21.9 Å². The van der Waals surface area contributed by atoms with Crippen molar-refractivity contribution in [1.29, 1.82) is 0 Å². The highest BCUT2D eigenvalue weighted by Crippen LogP contribution is 2.12. The molecule has 0 aliphatic carbocycles. The van der Waals surface area contributed by atoms with E-state index in [9.17, 15) is 18.0 Å². The zero-order valence-electron chi connectivity index (χ0n) is 15.6. The SMILES string of the molecule is CCCCCCCCCCCCN(C)C(=O)C(CC(N)=O)S(=O)(=O)O. The molecule has 0 rings (SSSR count). The van der Waals surface area contributed by atoms with Crippen LogP contribution in [0.25, 0.3) is 0 Å². The number of rotatable bonds is 15. The van der Waals surface area contributed by atoms with E-state index in [-0.39, 0.29) is 0 Å². The molecule has 0 radical (unpaired) electrons. The third kappa shape index (κ3) is 11.9. The minimum absolute atomic E-state index is 0.389. The third-order valence-electron chi connectivity index (χ3n) is 4.24. The topological polar surface area (TPSA) is 118 Å². The van der Waals surface area contributed by atoms with E-state index in [1.54, 1.807) is 0 Å². The van der Waals surface area contributed by atoms with Gasteiger partial charge in [0, 0.05) is 13.6 Å². The van der Waals surface area contributed by atoms with E-state index >= 15 is 0 Å². The normalized spacial score (nSPS) is 12.8. The lowest BCUT2D eigenvalue weighted by atomic mass is 10.1. The molecule has 0 aromatic carbocycles. The van der Waals surface area contributed by atoms with Crippen LogP contribution in [0.3, 0.4) is 0 Å². The molecule has 25 heavy (non-hydrogen) atoms. The average Bonchev–Trinajstić information content (AvgIpc) is 2.52. The molecule has 0 bridgehead atoms. The summed E-state index contributed by atoms with van der Waals surface area (Å²) in [4.78, 5) is 24.2. The molecule has 1 unspecified atom stereocenters. The fourth-order valence-electron chi connectivity index (χ4n) is 2.70. The van der Waals surface area contributed by atoms with Crippen molar-refractivity contribution in [3.63, 3.8) is 0 Å². The highest BCUT2D eigenvalue weighted by molar-refractivity contribution is 7.87. The first-order valence-corrected chi connectivity index (χ1v) is 10.7. The summed E-state index contributed by atoms with van der Waals surface area (Å²) in [5.41, 5.74) is 4.95. The summed E-state index contributed by atoms with van der Waals surface area (Å²) >= 11 is 0. The molecular formula is C17H34N2O5S. The first-order valence-electron chi connectivity index (χ1n) is 9.19. The van der Waals surface area contributed by atoms with Gasteiger partial charge in [-0.3, -0.25) is 14.1 Å². The lowest BCUT2D eigenvalue weighted by Crippen LogP contribution is -2.43. The first kappa shape index (κ1) is 23.9. The lowest BCUT2D eigenvalue weighted by Gasteiger charge is -2.21. The summed E-state index contributed by atoms with van der Waals surface area (Å²) in [5, 5.41) is -1.81. The summed E-state index contributed by atoms with van der Waals surface area (Å²) in [6.07, 6.45) is 10.9. The molecule has 7 nitrogen and oxygen atoms in total. The van der Waals surface area contributed by atoms with Gasteiger partial charge in [-0.1, -0.05) is 64.7 Å². The van der Waals surface area contributed by atoms with Gasteiger partial charge in [0.2, 0.25) is 11.8 Å². The molecule has 8 heteroatoms. The number of unbranched alkanes of at least 4 members (excludes halogenated alkanes) is 9. The number of nitrogens with two attached hydrogens (primary N) is 1. The molecule has 3 N–H and O–H groups in total. The minimum atomic E-state index is -4.65. The van der Waals surface area contributed by atoms with Crippen LogP contribution >= 0.6 is 0 Å². The van der Waals surface area contributed by atoms with Crippen molar-refractivity contribution in [1.82, 2.24) is 4.90 Å². The Balaban J connectivity index is 3.98. The van der Waals surface area contributed by atoms with Gasteiger partial charge >= 0.3 is 0 Å². The van der Waals surface area contributed by atoms with E-state index in [4.69, 9.17) is 10.3 Å². The first-order chi connectivity index (χ1) is 11.7. The number of carbonyl (C=O) groups excluding carboxylic acids is 2. The summed E-state index contributed by atoms with van der Waals surface area (Å²) in [6, 6.07) is 0. The quantitative estimate of drug-likeness (QED) is 0.335. The van der Waals surface area contributed by atoms with Gasteiger partial charge in [-0.05, 0) is 6.42 Å². The van der Waals surface area contributed by atoms with Crippen LogP contribution in [0.15, 0.2) is 0 Å². The zero-order chi connectivity index (χ0) is 19.3. The molecule has 0 spiro atoms. The maximum absolute atomic E-state index is 12.1. The highest BCUT2D eigenvalue weighted by Gasteiger charge is 2.34. The van der Waals surface area contributed by atoms with Crippen LogP contribution in [-0.2, 0) is 19.7 Å². The largest absolute Gasteiger partial charge is 0.370 e. The van der Waals surface area contributed by atoms with Gasteiger partial charge in [-0.15, -0.1) is 0 Å². The Kier molecular flexibility index (Phi) is 12.5. The summed E-state index contributed by atoms with van der Waals surface area (Å²) in [6.45, 7) is 2.59. The number of hydrogen-bond acceptors (Lipinski definition) is 4. The Morgan fingerprint density at radius 2 is 1.40 bits per heavy atom. The van der Waals surface area contributed by atoms with Crippen molar-refractivity contribution in [2.75, 3.05) is 13.6 Å². The standard InChI is InChI=1S/C17H34N2O5S/c1-3-4-5-6-7-8-9-10-11-12-13-19(2)17(21)15(14-16(18)20)25(22,23)24/h15H,3-14H2,1-2H3,(H2,18,20)(H,22,23,24). The maximum atomic E-state index is 12.1. The van der Waals surface area contributed by atoms with Crippen LogP contribution in [0.2, 0.25) is 0 Å². The molecule has 0 aliphatic rings. The summed E-state index contributed by atoms with van der Waals surface area (Å²) in [7, 11) is -3.18. The predicted molar refractivity (Wildman–Crippen MR) is 98.6 cm³/mol. The van der Waals surface area contributed by atoms with Crippen molar-refractivity contribution in [3.05, 3.63) is 0 Å². The van der Waals surface area contributed by atoms with Crippen LogP contribution in [0.1, 0.15) is 77.6 Å². The van der Waals surface area contributed by atoms with E-state index in [1.165, 1.54) is 56.9 Å². The van der Waals surface area contributed by atoms with Crippen molar-refractivity contribution in [2.45, 2.75) is 82.8 Å². The van der Waals surface area contributed by atoms with Gasteiger partial charge in [0.1, 0.15) is 0 Å². The molecule has 0 fully saturated rings. The zero-order valence-corrected chi connectivity index (χ0v) is 16.4. The summed E-state index contributed by atoms with van der Waals surface area (Å²) < 4.78 is 31.6. The molecule has 0 aliphatic heterocycles. The smallest absolute Gasteiger partial charge is 0.277 e. The molecule has 0 saturated heterocycles. The van der Waals surface area contributed by atoms with Crippen LogP contribution in [-0.4, -0.2) is 48.5 Å². The molecular weight excluding hydrogens is 344 g/mol. The number of primary amides is 1. The Morgan fingerprint density at radius 3 is 1.80 bits per heavy atom. The molecule has 0 heterocycles. The van der Waals surface area contributed by atoms with Crippen molar-refractivity contribution in [2.24, 2.45) is 5.73 Å². The van der Waals surface area contributed by atoms with Gasteiger partial charge in [-0.2, -0.15) is 8.42 Å². The Hall–Kier alpha value is -1.15. The highest BCUT2D eigenvalue weighted by atomic mass is 32.2. The van der Waals surface area contributed by atoms with E-state index in [0.717, 1.165) is 19.3 Å². The molecule has 0 aromatic heterocycles. The fraction of sp³-hybridized carbons (Fsp3) is 0.882. The maximum Gasteiger partial charge on any atom is 0.277 e. The Labute approximate surface area is 152 Å². The lowest BCUT2D eigenvalue weighted by molar-refractivity contribution is -0.131. The molecule has 0 saturated carbocycles.